The van der Waals surface area contributed by atoms with E-state index < -0.39 is 11.6 Å². The third kappa shape index (κ3) is 2.16. The summed E-state index contributed by atoms with van der Waals surface area (Å²) in [6.07, 6.45) is 0. The lowest BCUT2D eigenvalue weighted by molar-refractivity contribution is 0.585. The fraction of sp³-hybridized carbons (Fsp3) is 0. The van der Waals surface area contributed by atoms with E-state index in [0.717, 1.165) is 6.07 Å². The highest BCUT2D eigenvalue weighted by Gasteiger charge is 2.06. The van der Waals surface area contributed by atoms with Crippen LogP contribution in [0.3, 0.4) is 0 Å². The van der Waals surface area contributed by atoms with Gasteiger partial charge in [0.15, 0.2) is 0 Å². The van der Waals surface area contributed by atoms with Gasteiger partial charge in [-0.3, -0.25) is 0 Å². The molecule has 0 fully saturated rings. The molecule has 0 unspecified atom stereocenters. The summed E-state index contributed by atoms with van der Waals surface area (Å²) < 4.78 is 26.1. The molecule has 0 aliphatic carbocycles. The molecule has 0 nitrogen and oxygen atoms in total. The van der Waals surface area contributed by atoms with Gasteiger partial charge in [0.25, 0.3) is 0 Å². The highest BCUT2D eigenvalue weighted by molar-refractivity contribution is 6.30. The van der Waals surface area contributed by atoms with E-state index in [9.17, 15) is 8.78 Å². The summed E-state index contributed by atoms with van der Waals surface area (Å²) in [5.74, 6) is -1.17. The second-order valence-corrected chi connectivity index (χ2v) is 3.57. The summed E-state index contributed by atoms with van der Waals surface area (Å²) in [5.41, 5.74) is 0.985. The Morgan fingerprint density at radius 1 is 0.933 bits per heavy atom. The van der Waals surface area contributed by atoms with Crippen molar-refractivity contribution in [2.75, 3.05) is 0 Å². The Hall–Kier alpha value is -1.41. The molecule has 2 rings (SSSR count). The molecule has 76 valence electrons. The molecule has 15 heavy (non-hydrogen) atoms. The second-order valence-electron chi connectivity index (χ2n) is 3.13. The smallest absolute Gasteiger partial charge is 0.133 e. The molecule has 0 radical (unpaired) electrons. The summed E-state index contributed by atoms with van der Waals surface area (Å²) in [7, 11) is 0. The molecule has 0 bridgehead atoms. The van der Waals surface area contributed by atoms with Crippen LogP contribution in [0.4, 0.5) is 8.78 Å². The fourth-order valence-electron chi connectivity index (χ4n) is 1.38. The van der Waals surface area contributed by atoms with Gasteiger partial charge in [0.1, 0.15) is 11.6 Å². The molecule has 0 aliphatic rings. The summed E-state index contributed by atoms with van der Waals surface area (Å²) in [6, 6.07) is 10.3. The average Bonchev–Trinajstić information content (AvgIpc) is 2.17. The molecular formula is C12H7ClF2. The maximum absolute atomic E-state index is 13.4. The van der Waals surface area contributed by atoms with Gasteiger partial charge in [-0.05, 0) is 29.8 Å². The Balaban J connectivity index is 2.54. The highest BCUT2D eigenvalue weighted by atomic mass is 35.5. The molecule has 3 heteroatoms. The van der Waals surface area contributed by atoms with Gasteiger partial charge in [-0.25, -0.2) is 8.78 Å². The van der Waals surface area contributed by atoms with Crippen LogP contribution in [0.1, 0.15) is 0 Å². The average molecular weight is 225 g/mol. The molecule has 0 N–H and O–H groups in total. The first-order chi connectivity index (χ1) is 7.16. The Morgan fingerprint density at radius 3 is 2.40 bits per heavy atom. The van der Waals surface area contributed by atoms with Gasteiger partial charge in [-0.1, -0.05) is 23.7 Å². The molecule has 2 aromatic carbocycles. The minimum atomic E-state index is -0.586. The van der Waals surface area contributed by atoms with Crippen molar-refractivity contribution in [3.63, 3.8) is 0 Å². The summed E-state index contributed by atoms with van der Waals surface area (Å²) in [5, 5.41) is 0.524. The van der Waals surface area contributed by atoms with Gasteiger partial charge in [-0.2, -0.15) is 0 Å². The van der Waals surface area contributed by atoms with Crippen LogP contribution in [0.5, 0.6) is 0 Å². The molecule has 0 saturated carbocycles. The number of benzene rings is 2. The van der Waals surface area contributed by atoms with Crippen molar-refractivity contribution in [2.24, 2.45) is 0 Å². The van der Waals surface area contributed by atoms with Crippen molar-refractivity contribution >= 4 is 11.6 Å². The zero-order valence-electron chi connectivity index (χ0n) is 7.68. The van der Waals surface area contributed by atoms with E-state index in [2.05, 4.69) is 0 Å². The molecule has 0 aromatic heterocycles. The van der Waals surface area contributed by atoms with Crippen LogP contribution in [0.2, 0.25) is 5.02 Å². The molecular weight excluding hydrogens is 218 g/mol. The minimum absolute atomic E-state index is 0.346. The van der Waals surface area contributed by atoms with Crippen LogP contribution in [-0.2, 0) is 0 Å². The van der Waals surface area contributed by atoms with Gasteiger partial charge in [0.05, 0.1) is 0 Å². The standard InChI is InChI=1S/C12H7ClF2/c13-9-3-1-2-8(6-9)11-5-4-10(14)7-12(11)15/h1-7H. The van der Waals surface area contributed by atoms with Crippen LogP contribution in [-0.4, -0.2) is 0 Å². The van der Waals surface area contributed by atoms with Gasteiger partial charge in [-0.15, -0.1) is 0 Å². The number of hydrogen-bond acceptors (Lipinski definition) is 0. The van der Waals surface area contributed by atoms with E-state index >= 15 is 0 Å². The molecule has 0 spiro atoms. The Morgan fingerprint density at radius 2 is 1.73 bits per heavy atom. The Labute approximate surface area is 91.1 Å². The monoisotopic (exact) mass is 224 g/mol. The lowest BCUT2D eigenvalue weighted by atomic mass is 10.1. The van der Waals surface area contributed by atoms with E-state index in [1.165, 1.54) is 12.1 Å². The maximum Gasteiger partial charge on any atom is 0.133 e. The van der Waals surface area contributed by atoms with Crippen LogP contribution < -0.4 is 0 Å². The topological polar surface area (TPSA) is 0 Å². The first-order valence-corrected chi connectivity index (χ1v) is 4.75. The van der Waals surface area contributed by atoms with Crippen molar-refractivity contribution in [3.05, 3.63) is 59.1 Å². The highest BCUT2D eigenvalue weighted by Crippen LogP contribution is 2.25. The molecule has 0 atom stereocenters. The van der Waals surface area contributed by atoms with Gasteiger partial charge >= 0.3 is 0 Å². The van der Waals surface area contributed by atoms with Gasteiger partial charge in [0.2, 0.25) is 0 Å². The van der Waals surface area contributed by atoms with E-state index in [4.69, 9.17) is 11.6 Å². The van der Waals surface area contributed by atoms with E-state index in [0.29, 0.717) is 16.1 Å². The van der Waals surface area contributed by atoms with E-state index in [1.807, 2.05) is 0 Å². The first-order valence-electron chi connectivity index (χ1n) is 4.38. The maximum atomic E-state index is 13.4. The predicted octanol–water partition coefficient (Wildman–Crippen LogP) is 4.29. The number of halogens is 3. The third-order valence-electron chi connectivity index (χ3n) is 2.07. The largest absolute Gasteiger partial charge is 0.207 e. The Bertz CT molecular complexity index is 495. The van der Waals surface area contributed by atoms with Crippen molar-refractivity contribution in [3.8, 4) is 11.1 Å². The molecule has 0 heterocycles. The quantitative estimate of drug-likeness (QED) is 0.678. The van der Waals surface area contributed by atoms with E-state index in [-0.39, 0.29) is 0 Å². The van der Waals surface area contributed by atoms with Gasteiger partial charge < -0.3 is 0 Å². The SMILES string of the molecule is Fc1ccc(-c2cccc(Cl)c2)c(F)c1. The molecule has 2 aromatic rings. The summed E-state index contributed by atoms with van der Waals surface area (Å²) in [6.45, 7) is 0. The zero-order valence-corrected chi connectivity index (χ0v) is 8.43. The van der Waals surface area contributed by atoms with Crippen molar-refractivity contribution in [1.82, 2.24) is 0 Å². The molecule has 0 aliphatic heterocycles. The normalized spacial score (nSPS) is 10.3. The minimum Gasteiger partial charge on any atom is -0.207 e. The van der Waals surface area contributed by atoms with Crippen molar-refractivity contribution in [1.29, 1.82) is 0 Å². The van der Waals surface area contributed by atoms with E-state index in [1.54, 1.807) is 24.3 Å². The van der Waals surface area contributed by atoms with Gasteiger partial charge in [0, 0.05) is 16.7 Å². The molecule has 0 saturated heterocycles. The molecule has 0 amide bonds. The lowest BCUT2D eigenvalue weighted by Crippen LogP contribution is -1.85. The second kappa shape index (κ2) is 3.99. The van der Waals surface area contributed by atoms with Crippen LogP contribution in [0.25, 0.3) is 11.1 Å². The first kappa shape index (κ1) is 10.1. The predicted molar refractivity (Wildman–Crippen MR) is 56.8 cm³/mol. The van der Waals surface area contributed by atoms with Crippen LogP contribution >= 0.6 is 11.6 Å². The van der Waals surface area contributed by atoms with Crippen LogP contribution in [0.15, 0.2) is 42.5 Å². The number of hydrogen-bond donors (Lipinski definition) is 0. The lowest BCUT2D eigenvalue weighted by Gasteiger charge is -2.03. The fourth-order valence-corrected chi connectivity index (χ4v) is 1.57. The van der Waals surface area contributed by atoms with Crippen molar-refractivity contribution in [2.45, 2.75) is 0 Å². The zero-order chi connectivity index (χ0) is 10.8. The van der Waals surface area contributed by atoms with Crippen LogP contribution in [0, 0.1) is 11.6 Å². The van der Waals surface area contributed by atoms with Crippen molar-refractivity contribution < 1.29 is 8.78 Å². The number of rotatable bonds is 1. The Kier molecular flexibility index (Phi) is 2.69. The third-order valence-corrected chi connectivity index (χ3v) is 2.30. The summed E-state index contributed by atoms with van der Waals surface area (Å²) >= 11 is 5.78. The summed E-state index contributed by atoms with van der Waals surface area (Å²) in [4.78, 5) is 0.